The molecule has 2 N–H and O–H groups in total. The van der Waals surface area contributed by atoms with Crippen LogP contribution >= 0.6 is 11.6 Å². The van der Waals surface area contributed by atoms with Crippen molar-refractivity contribution in [3.8, 4) is 17.2 Å². The minimum Gasteiger partial charge on any atom is -0.493 e. The van der Waals surface area contributed by atoms with Crippen molar-refractivity contribution in [2.75, 3.05) is 44.8 Å². The van der Waals surface area contributed by atoms with Crippen LogP contribution < -0.4 is 19.7 Å². The van der Waals surface area contributed by atoms with Gasteiger partial charge in [0.05, 0.1) is 49.8 Å². The van der Waals surface area contributed by atoms with Crippen LogP contribution in [0.3, 0.4) is 0 Å². The monoisotopic (exact) mass is 581 g/mol. The molecule has 3 aromatic rings. The highest BCUT2D eigenvalue weighted by molar-refractivity contribution is 6.30. The summed E-state index contributed by atoms with van der Waals surface area (Å²) in [6.07, 6.45) is 3.71. The van der Waals surface area contributed by atoms with Crippen molar-refractivity contribution < 1.29 is 28.9 Å². The first-order valence-corrected chi connectivity index (χ1v) is 13.8. The van der Waals surface area contributed by atoms with E-state index in [1.54, 1.807) is 18.2 Å². The van der Waals surface area contributed by atoms with E-state index in [-0.39, 0.29) is 37.6 Å². The lowest BCUT2D eigenvalue weighted by Crippen LogP contribution is -2.57. The lowest BCUT2D eigenvalue weighted by molar-refractivity contribution is -0.124. The third-order valence-electron chi connectivity index (χ3n) is 6.99. The maximum atomic E-state index is 13.6. The highest BCUT2D eigenvalue weighted by atomic mass is 35.5. The summed E-state index contributed by atoms with van der Waals surface area (Å²) >= 11 is 5.97. The standard InChI is InChI=1S/C29H32ClN5O6/c1-39-25-7-6-20-13-26(25)41-22-5-2-4-19(12-22)18-40-24-8-10-35(29-31-14-21(30)15-32-29)16-23(24)33-27(37)17-34(28(20)38)9-3-11-36/h2,4-7,12-15,23-24,36H,3,8-11,16-18H2,1H3,(H,33,37)/t23-,24-/m0/s1. The van der Waals surface area contributed by atoms with Crippen LogP contribution in [0.2, 0.25) is 5.02 Å². The first-order chi connectivity index (χ1) is 19.9. The van der Waals surface area contributed by atoms with Gasteiger partial charge < -0.3 is 34.4 Å². The van der Waals surface area contributed by atoms with Crippen molar-refractivity contribution in [2.24, 2.45) is 0 Å². The molecule has 1 aromatic heterocycles. The Hall–Kier alpha value is -3.93. The van der Waals surface area contributed by atoms with E-state index in [2.05, 4.69) is 15.3 Å². The van der Waals surface area contributed by atoms with Crippen LogP contribution in [0, 0.1) is 0 Å². The number of hydrogen-bond donors (Lipinski definition) is 2. The van der Waals surface area contributed by atoms with Gasteiger partial charge in [-0.1, -0.05) is 23.7 Å². The molecule has 4 bridgehead atoms. The van der Waals surface area contributed by atoms with Gasteiger partial charge in [0.15, 0.2) is 11.5 Å². The van der Waals surface area contributed by atoms with Gasteiger partial charge in [0.25, 0.3) is 5.91 Å². The van der Waals surface area contributed by atoms with Crippen LogP contribution in [0.15, 0.2) is 54.9 Å². The summed E-state index contributed by atoms with van der Waals surface area (Å²) in [5.41, 5.74) is 1.23. The third-order valence-corrected chi connectivity index (χ3v) is 7.19. The number of fused-ring (bicyclic) bond motifs is 5. The molecule has 1 saturated heterocycles. The molecule has 0 unspecified atom stereocenters. The molecule has 2 atom stereocenters. The van der Waals surface area contributed by atoms with E-state index >= 15 is 0 Å². The Kier molecular flexibility index (Phi) is 9.17. The molecule has 12 heteroatoms. The van der Waals surface area contributed by atoms with Crippen LogP contribution in [-0.4, -0.2) is 83.8 Å². The van der Waals surface area contributed by atoms with Gasteiger partial charge in [0, 0.05) is 31.8 Å². The number of ether oxygens (including phenoxy) is 3. The molecule has 0 radical (unpaired) electrons. The van der Waals surface area contributed by atoms with Gasteiger partial charge in [-0.2, -0.15) is 0 Å². The summed E-state index contributed by atoms with van der Waals surface area (Å²) in [5.74, 6) is 1.20. The van der Waals surface area contributed by atoms with Gasteiger partial charge >= 0.3 is 0 Å². The molecular weight excluding hydrogens is 550 g/mol. The number of carbonyl (C=O) groups is 2. The van der Waals surface area contributed by atoms with E-state index in [9.17, 15) is 14.7 Å². The Labute approximate surface area is 243 Å². The van der Waals surface area contributed by atoms with Gasteiger partial charge in [0.1, 0.15) is 5.75 Å². The molecule has 0 aliphatic carbocycles. The maximum absolute atomic E-state index is 13.6. The summed E-state index contributed by atoms with van der Waals surface area (Å²) < 4.78 is 17.9. The molecule has 0 spiro atoms. The van der Waals surface area contributed by atoms with Crippen LogP contribution in [0.4, 0.5) is 5.95 Å². The van der Waals surface area contributed by atoms with E-state index in [4.69, 9.17) is 25.8 Å². The lowest BCUT2D eigenvalue weighted by atomic mass is 10.0. The van der Waals surface area contributed by atoms with E-state index < -0.39 is 6.04 Å². The Balaban J connectivity index is 1.46. The van der Waals surface area contributed by atoms with Crippen molar-refractivity contribution in [3.63, 3.8) is 0 Å². The highest BCUT2D eigenvalue weighted by Crippen LogP contribution is 2.33. The number of aliphatic hydroxyl groups is 1. The highest BCUT2D eigenvalue weighted by Gasteiger charge is 2.33. The minimum atomic E-state index is -0.398. The second kappa shape index (κ2) is 13.2. The Morgan fingerprint density at radius 3 is 2.78 bits per heavy atom. The summed E-state index contributed by atoms with van der Waals surface area (Å²) in [6.45, 7) is 1.23. The molecule has 2 aliphatic heterocycles. The molecule has 2 aromatic carbocycles. The number of benzene rings is 2. The van der Waals surface area contributed by atoms with Crippen LogP contribution in [0.5, 0.6) is 17.2 Å². The van der Waals surface area contributed by atoms with Crippen LogP contribution in [0.25, 0.3) is 0 Å². The van der Waals surface area contributed by atoms with Crippen molar-refractivity contribution in [1.29, 1.82) is 0 Å². The van der Waals surface area contributed by atoms with E-state index in [0.29, 0.717) is 66.3 Å². The van der Waals surface area contributed by atoms with E-state index in [0.717, 1.165) is 5.56 Å². The first-order valence-electron chi connectivity index (χ1n) is 13.4. The number of piperidine rings is 1. The van der Waals surface area contributed by atoms with Crippen molar-refractivity contribution in [2.45, 2.75) is 31.6 Å². The van der Waals surface area contributed by atoms with Gasteiger partial charge in [0.2, 0.25) is 11.9 Å². The molecule has 216 valence electrons. The number of nitrogens with one attached hydrogen (secondary N) is 1. The number of carbonyl (C=O) groups excluding carboxylic acids is 2. The summed E-state index contributed by atoms with van der Waals surface area (Å²) in [5, 5.41) is 13.0. The second-order valence-corrected chi connectivity index (χ2v) is 10.3. The number of aromatic nitrogens is 2. The number of aliphatic hydroxyl groups excluding tert-OH is 1. The van der Waals surface area contributed by atoms with Crippen LogP contribution in [0.1, 0.15) is 28.8 Å². The number of anilines is 1. The van der Waals surface area contributed by atoms with Crippen molar-refractivity contribution in [1.82, 2.24) is 20.2 Å². The number of hydrogen-bond acceptors (Lipinski definition) is 9. The second-order valence-electron chi connectivity index (χ2n) is 9.88. The van der Waals surface area contributed by atoms with Gasteiger partial charge in [-0.05, 0) is 48.7 Å². The Morgan fingerprint density at radius 2 is 2.00 bits per heavy atom. The molecule has 5 rings (SSSR count). The third kappa shape index (κ3) is 7.05. The summed E-state index contributed by atoms with van der Waals surface area (Å²) in [4.78, 5) is 39.0. The van der Waals surface area contributed by atoms with Crippen molar-refractivity contribution >= 4 is 29.4 Å². The fourth-order valence-electron chi connectivity index (χ4n) is 4.96. The SMILES string of the molecule is COc1ccc2cc1Oc1cccc(c1)CO[C@H]1CCN(c3ncc(Cl)cn3)C[C@@H]1NC(=O)CN(CCCO)C2=O. The molecular formula is C29H32ClN5O6. The number of halogens is 1. The van der Waals surface area contributed by atoms with Crippen molar-refractivity contribution in [3.05, 3.63) is 71.0 Å². The summed E-state index contributed by atoms with van der Waals surface area (Å²) in [7, 11) is 1.53. The smallest absolute Gasteiger partial charge is 0.254 e. The quantitative estimate of drug-likeness (QED) is 0.467. The molecule has 41 heavy (non-hydrogen) atoms. The van der Waals surface area contributed by atoms with Gasteiger partial charge in [-0.15, -0.1) is 0 Å². The molecule has 3 heterocycles. The fraction of sp³-hybridized carbons (Fsp3) is 0.379. The van der Waals surface area contributed by atoms with Gasteiger partial charge in [-0.3, -0.25) is 9.59 Å². The average Bonchev–Trinajstić information content (AvgIpc) is 2.98. The number of methoxy groups -OCH3 is 1. The molecule has 11 nitrogen and oxygen atoms in total. The first kappa shape index (κ1) is 28.6. The normalized spacial score (nSPS) is 19.7. The Bertz CT molecular complexity index is 1370. The fourth-order valence-corrected chi connectivity index (χ4v) is 5.06. The van der Waals surface area contributed by atoms with E-state index in [1.807, 2.05) is 29.2 Å². The Morgan fingerprint density at radius 1 is 1.17 bits per heavy atom. The number of amides is 2. The zero-order valence-electron chi connectivity index (χ0n) is 22.7. The molecule has 0 saturated carbocycles. The van der Waals surface area contributed by atoms with Crippen LogP contribution in [-0.2, 0) is 16.1 Å². The molecule has 2 amide bonds. The van der Waals surface area contributed by atoms with Gasteiger partial charge in [-0.25, -0.2) is 9.97 Å². The number of rotatable bonds is 5. The van der Waals surface area contributed by atoms with E-state index in [1.165, 1.54) is 24.4 Å². The lowest BCUT2D eigenvalue weighted by Gasteiger charge is -2.39. The zero-order chi connectivity index (χ0) is 28.8. The number of nitrogens with zero attached hydrogens (tertiary/aromatic N) is 4. The zero-order valence-corrected chi connectivity index (χ0v) is 23.4. The maximum Gasteiger partial charge on any atom is 0.254 e. The predicted octanol–water partition coefficient (Wildman–Crippen LogP) is 3.05. The molecule has 1 fully saturated rings. The summed E-state index contributed by atoms with van der Waals surface area (Å²) in [6, 6.07) is 12.0. The average molecular weight is 582 g/mol. The molecule has 2 aliphatic rings. The topological polar surface area (TPSA) is 126 Å². The largest absolute Gasteiger partial charge is 0.493 e. The predicted molar refractivity (Wildman–Crippen MR) is 151 cm³/mol. The minimum absolute atomic E-state index is 0.118.